The third-order valence-electron chi connectivity index (χ3n) is 6.27. The van der Waals surface area contributed by atoms with Crippen molar-refractivity contribution in [2.75, 3.05) is 13.2 Å². The Hall–Kier alpha value is -3.91. The van der Waals surface area contributed by atoms with Gasteiger partial charge in [-0.3, -0.25) is 0 Å². The lowest BCUT2D eigenvalue weighted by atomic mass is 10.1. The molecule has 0 amide bonds. The standard InChI is InChI=1S/C29H33N3O5/c1-4-7-12-27-30-17-22(19-33)31(27)18-20-13-14-24-21(15-20)16-26(29(35)37-6-3)32(24)25-11-9-8-10-23(25)28(34)36-5-2/h8-11,13-17,33H,4-7,12,18-19H2,1-3H3. The molecule has 2 heterocycles. The smallest absolute Gasteiger partial charge is 0.355 e. The first-order valence-electron chi connectivity index (χ1n) is 12.7. The van der Waals surface area contributed by atoms with Crippen LogP contribution in [0.15, 0.2) is 54.7 Å². The average Bonchev–Trinajstić information content (AvgIpc) is 3.48. The number of carbonyl (C=O) groups excluding carboxylic acids is 2. The fourth-order valence-corrected chi connectivity index (χ4v) is 4.52. The van der Waals surface area contributed by atoms with Crippen LogP contribution in [0.25, 0.3) is 16.6 Å². The van der Waals surface area contributed by atoms with Gasteiger partial charge in [0.15, 0.2) is 0 Å². The maximum Gasteiger partial charge on any atom is 0.355 e. The maximum absolute atomic E-state index is 13.0. The molecule has 0 aliphatic rings. The summed E-state index contributed by atoms with van der Waals surface area (Å²) in [4.78, 5) is 30.2. The van der Waals surface area contributed by atoms with Gasteiger partial charge in [-0.25, -0.2) is 14.6 Å². The molecule has 0 saturated heterocycles. The van der Waals surface area contributed by atoms with Gasteiger partial charge in [0.05, 0.1) is 48.5 Å². The lowest BCUT2D eigenvalue weighted by Gasteiger charge is -2.15. The van der Waals surface area contributed by atoms with Gasteiger partial charge in [-0.15, -0.1) is 0 Å². The Morgan fingerprint density at radius 2 is 1.73 bits per heavy atom. The number of para-hydroxylation sites is 1. The van der Waals surface area contributed by atoms with Crippen molar-refractivity contribution in [3.05, 3.63) is 83.1 Å². The number of nitrogens with zero attached hydrogens (tertiary/aromatic N) is 3. The summed E-state index contributed by atoms with van der Waals surface area (Å²) in [5.74, 6) is 0.0136. The van der Waals surface area contributed by atoms with Gasteiger partial charge < -0.3 is 23.7 Å². The van der Waals surface area contributed by atoms with Gasteiger partial charge in [0.25, 0.3) is 0 Å². The van der Waals surface area contributed by atoms with Crippen LogP contribution in [0.5, 0.6) is 0 Å². The largest absolute Gasteiger partial charge is 0.462 e. The molecule has 0 aliphatic heterocycles. The second-order valence-electron chi connectivity index (χ2n) is 8.73. The molecule has 0 bridgehead atoms. The van der Waals surface area contributed by atoms with E-state index in [1.807, 2.05) is 24.3 Å². The quantitative estimate of drug-likeness (QED) is 0.287. The number of aromatic nitrogens is 3. The number of fused-ring (bicyclic) bond motifs is 1. The van der Waals surface area contributed by atoms with E-state index in [1.54, 1.807) is 48.9 Å². The summed E-state index contributed by atoms with van der Waals surface area (Å²) < 4.78 is 14.4. The highest BCUT2D eigenvalue weighted by Gasteiger charge is 2.22. The first kappa shape index (κ1) is 26.2. The molecule has 0 fully saturated rings. The normalized spacial score (nSPS) is 11.1. The number of ether oxygens (including phenoxy) is 2. The Balaban J connectivity index is 1.82. The summed E-state index contributed by atoms with van der Waals surface area (Å²) in [6.45, 7) is 6.59. The minimum Gasteiger partial charge on any atom is -0.462 e. The molecular weight excluding hydrogens is 470 g/mol. The van der Waals surface area contributed by atoms with Crippen molar-refractivity contribution in [1.29, 1.82) is 0 Å². The number of aryl methyl sites for hydroxylation is 1. The van der Waals surface area contributed by atoms with Crippen molar-refractivity contribution in [2.24, 2.45) is 0 Å². The van der Waals surface area contributed by atoms with Crippen LogP contribution < -0.4 is 0 Å². The van der Waals surface area contributed by atoms with E-state index in [-0.39, 0.29) is 19.8 Å². The first-order valence-corrected chi connectivity index (χ1v) is 12.7. The first-order chi connectivity index (χ1) is 18.0. The van der Waals surface area contributed by atoms with Gasteiger partial charge in [-0.1, -0.05) is 31.5 Å². The summed E-state index contributed by atoms with van der Waals surface area (Å²) in [5.41, 5.74) is 3.77. The topological polar surface area (TPSA) is 95.6 Å². The zero-order valence-corrected chi connectivity index (χ0v) is 21.6. The summed E-state index contributed by atoms with van der Waals surface area (Å²) in [7, 11) is 0. The number of rotatable bonds is 11. The molecule has 1 N–H and O–H groups in total. The highest BCUT2D eigenvalue weighted by molar-refractivity contribution is 6.00. The maximum atomic E-state index is 13.0. The molecule has 0 radical (unpaired) electrons. The Morgan fingerprint density at radius 3 is 2.46 bits per heavy atom. The number of unbranched alkanes of at least 4 members (excludes halogenated alkanes) is 1. The third-order valence-corrected chi connectivity index (χ3v) is 6.27. The molecule has 0 spiro atoms. The average molecular weight is 504 g/mol. The molecule has 2 aromatic carbocycles. The van der Waals surface area contributed by atoms with Crippen LogP contribution in [0.3, 0.4) is 0 Å². The van der Waals surface area contributed by atoms with Crippen LogP contribution >= 0.6 is 0 Å². The molecule has 0 unspecified atom stereocenters. The van der Waals surface area contributed by atoms with Crippen LogP contribution in [0, 0.1) is 0 Å². The van der Waals surface area contributed by atoms with Gasteiger partial charge in [-0.2, -0.15) is 0 Å². The van der Waals surface area contributed by atoms with Crippen molar-refractivity contribution in [3.63, 3.8) is 0 Å². The predicted octanol–water partition coefficient (Wildman–Crippen LogP) is 5.06. The molecule has 0 atom stereocenters. The second kappa shape index (κ2) is 11.9. The van der Waals surface area contributed by atoms with Crippen LogP contribution in [-0.2, 0) is 29.0 Å². The van der Waals surface area contributed by atoms with Crippen LogP contribution in [0.2, 0.25) is 0 Å². The zero-order valence-electron chi connectivity index (χ0n) is 21.6. The number of aliphatic hydroxyl groups is 1. The molecule has 194 valence electrons. The number of esters is 2. The highest BCUT2D eigenvalue weighted by atomic mass is 16.5. The lowest BCUT2D eigenvalue weighted by molar-refractivity contribution is 0.0506. The lowest BCUT2D eigenvalue weighted by Crippen LogP contribution is -2.15. The molecule has 2 aromatic heterocycles. The van der Waals surface area contributed by atoms with Crippen LogP contribution in [0.1, 0.15) is 71.5 Å². The number of hydrogen-bond acceptors (Lipinski definition) is 6. The Kier molecular flexibility index (Phi) is 8.40. The SMILES string of the molecule is CCCCc1ncc(CO)n1Cc1ccc2c(c1)cc(C(=O)OCC)n2-c1ccccc1C(=O)OCC. The number of hydrogen-bond donors (Lipinski definition) is 1. The van der Waals surface area contributed by atoms with E-state index in [0.29, 0.717) is 23.5 Å². The zero-order chi connectivity index (χ0) is 26.4. The molecule has 8 nitrogen and oxygen atoms in total. The van der Waals surface area contributed by atoms with Crippen LogP contribution in [0.4, 0.5) is 0 Å². The van der Waals surface area contributed by atoms with E-state index in [0.717, 1.165) is 47.2 Å². The monoisotopic (exact) mass is 503 g/mol. The van der Waals surface area contributed by atoms with E-state index in [9.17, 15) is 14.7 Å². The molecular formula is C29H33N3O5. The minimum atomic E-state index is -0.474. The third kappa shape index (κ3) is 5.44. The molecule has 8 heteroatoms. The van der Waals surface area contributed by atoms with Crippen LogP contribution in [-0.4, -0.2) is 44.4 Å². The Morgan fingerprint density at radius 1 is 0.973 bits per heavy atom. The van der Waals surface area contributed by atoms with Gasteiger partial charge in [0, 0.05) is 18.4 Å². The molecule has 37 heavy (non-hydrogen) atoms. The summed E-state index contributed by atoms with van der Waals surface area (Å²) >= 11 is 0. The fraction of sp³-hybridized carbons (Fsp3) is 0.345. The summed E-state index contributed by atoms with van der Waals surface area (Å²) in [5, 5.41) is 10.7. The van der Waals surface area contributed by atoms with Crippen molar-refractivity contribution in [3.8, 4) is 5.69 Å². The van der Waals surface area contributed by atoms with Gasteiger partial charge in [0.2, 0.25) is 0 Å². The van der Waals surface area contributed by atoms with E-state index in [4.69, 9.17) is 9.47 Å². The van der Waals surface area contributed by atoms with E-state index in [1.165, 1.54) is 0 Å². The number of aliphatic hydroxyl groups excluding tert-OH is 1. The molecule has 4 aromatic rings. The summed E-state index contributed by atoms with van der Waals surface area (Å²) in [6.07, 6.45) is 4.65. The minimum absolute atomic E-state index is 0.0879. The highest BCUT2D eigenvalue weighted by Crippen LogP contribution is 2.29. The molecule has 0 aliphatic carbocycles. The van der Waals surface area contributed by atoms with Gasteiger partial charge in [-0.05, 0) is 56.2 Å². The number of imidazole rings is 1. The second-order valence-corrected chi connectivity index (χ2v) is 8.73. The Labute approximate surface area is 216 Å². The van der Waals surface area contributed by atoms with Crippen molar-refractivity contribution in [1.82, 2.24) is 14.1 Å². The number of carbonyl (C=O) groups is 2. The van der Waals surface area contributed by atoms with E-state index in [2.05, 4.69) is 16.5 Å². The predicted molar refractivity (Wildman–Crippen MR) is 141 cm³/mol. The van der Waals surface area contributed by atoms with Crippen molar-refractivity contribution >= 4 is 22.8 Å². The van der Waals surface area contributed by atoms with E-state index < -0.39 is 11.9 Å². The van der Waals surface area contributed by atoms with E-state index >= 15 is 0 Å². The fourth-order valence-electron chi connectivity index (χ4n) is 4.52. The molecule has 0 saturated carbocycles. The Bertz CT molecular complexity index is 1400. The van der Waals surface area contributed by atoms with Gasteiger partial charge in [0.1, 0.15) is 11.5 Å². The number of benzene rings is 2. The van der Waals surface area contributed by atoms with Crippen molar-refractivity contribution < 1.29 is 24.2 Å². The molecule has 4 rings (SSSR count). The summed E-state index contributed by atoms with van der Waals surface area (Å²) in [6, 6.07) is 14.8. The van der Waals surface area contributed by atoms with Crippen molar-refractivity contribution in [2.45, 2.75) is 53.2 Å². The van der Waals surface area contributed by atoms with Gasteiger partial charge >= 0.3 is 11.9 Å².